The van der Waals surface area contributed by atoms with Crippen LogP contribution >= 0.6 is 0 Å². The standard InChI is InChI=1S/C16H19FN4/c1-12-9-18-10-16(19-12)20-14-5-3-7-21(11-14)15-6-2-4-13(17)8-15/h2,4,6,8-10,14H,3,5,7,11H2,1H3,(H,19,20). The number of nitrogens with zero attached hydrogens (tertiary/aromatic N) is 3. The van der Waals surface area contributed by atoms with Crippen LogP contribution in [0.15, 0.2) is 36.7 Å². The van der Waals surface area contributed by atoms with Gasteiger partial charge in [0.25, 0.3) is 0 Å². The largest absolute Gasteiger partial charge is 0.369 e. The molecule has 3 rings (SSSR count). The zero-order valence-corrected chi connectivity index (χ0v) is 12.1. The minimum atomic E-state index is -0.188. The molecule has 1 aromatic heterocycles. The molecular weight excluding hydrogens is 267 g/mol. The third-order valence-corrected chi connectivity index (χ3v) is 3.70. The third-order valence-electron chi connectivity index (χ3n) is 3.70. The number of benzene rings is 1. The minimum Gasteiger partial charge on any atom is -0.369 e. The van der Waals surface area contributed by atoms with Gasteiger partial charge in [0.05, 0.1) is 11.9 Å². The molecule has 1 saturated heterocycles. The van der Waals surface area contributed by atoms with Crippen molar-refractivity contribution < 1.29 is 4.39 Å². The monoisotopic (exact) mass is 286 g/mol. The maximum atomic E-state index is 13.4. The Hall–Kier alpha value is -2.17. The summed E-state index contributed by atoms with van der Waals surface area (Å²) in [5.74, 6) is 0.619. The van der Waals surface area contributed by atoms with Crippen molar-refractivity contribution in [1.82, 2.24) is 9.97 Å². The third kappa shape index (κ3) is 3.48. The van der Waals surface area contributed by atoms with E-state index in [0.29, 0.717) is 6.04 Å². The van der Waals surface area contributed by atoms with Crippen LogP contribution in [0, 0.1) is 12.7 Å². The number of anilines is 2. The molecule has 1 aliphatic rings. The van der Waals surface area contributed by atoms with Gasteiger partial charge in [0.2, 0.25) is 0 Å². The molecule has 1 fully saturated rings. The van der Waals surface area contributed by atoms with Crippen LogP contribution in [0.1, 0.15) is 18.5 Å². The summed E-state index contributed by atoms with van der Waals surface area (Å²) in [4.78, 5) is 10.8. The van der Waals surface area contributed by atoms with Gasteiger partial charge in [-0.25, -0.2) is 9.37 Å². The lowest BCUT2D eigenvalue weighted by atomic mass is 10.0. The Kier molecular flexibility index (Phi) is 3.99. The maximum Gasteiger partial charge on any atom is 0.145 e. The zero-order chi connectivity index (χ0) is 14.7. The molecule has 0 radical (unpaired) electrons. The highest BCUT2D eigenvalue weighted by Crippen LogP contribution is 2.22. The van der Waals surface area contributed by atoms with Crippen molar-refractivity contribution >= 4 is 11.5 Å². The van der Waals surface area contributed by atoms with E-state index in [1.165, 1.54) is 6.07 Å². The van der Waals surface area contributed by atoms with Crippen LogP contribution in [0.2, 0.25) is 0 Å². The number of rotatable bonds is 3. The fourth-order valence-electron chi connectivity index (χ4n) is 2.74. The molecule has 1 aromatic carbocycles. The molecule has 0 bridgehead atoms. The van der Waals surface area contributed by atoms with Crippen molar-refractivity contribution in [2.45, 2.75) is 25.8 Å². The van der Waals surface area contributed by atoms with Crippen molar-refractivity contribution in [2.75, 3.05) is 23.3 Å². The fourth-order valence-corrected chi connectivity index (χ4v) is 2.74. The van der Waals surface area contributed by atoms with Crippen LogP contribution in [0.25, 0.3) is 0 Å². The van der Waals surface area contributed by atoms with Crippen LogP contribution in [0.3, 0.4) is 0 Å². The number of aromatic nitrogens is 2. The van der Waals surface area contributed by atoms with Crippen LogP contribution in [-0.2, 0) is 0 Å². The molecule has 5 heteroatoms. The molecule has 0 aliphatic carbocycles. The average Bonchev–Trinajstić information content (AvgIpc) is 2.47. The molecule has 1 atom stereocenters. The van der Waals surface area contributed by atoms with E-state index in [-0.39, 0.29) is 5.82 Å². The Labute approximate surface area is 124 Å². The number of halogens is 1. The van der Waals surface area contributed by atoms with Crippen molar-refractivity contribution in [2.24, 2.45) is 0 Å². The smallest absolute Gasteiger partial charge is 0.145 e. The number of piperidine rings is 1. The van der Waals surface area contributed by atoms with Gasteiger partial charge in [-0.1, -0.05) is 6.07 Å². The van der Waals surface area contributed by atoms with E-state index in [1.54, 1.807) is 24.5 Å². The second kappa shape index (κ2) is 6.08. The lowest BCUT2D eigenvalue weighted by molar-refractivity contribution is 0.527. The van der Waals surface area contributed by atoms with Crippen molar-refractivity contribution in [1.29, 1.82) is 0 Å². The minimum absolute atomic E-state index is 0.188. The quantitative estimate of drug-likeness (QED) is 0.941. The summed E-state index contributed by atoms with van der Waals surface area (Å²) in [5.41, 5.74) is 1.84. The lowest BCUT2D eigenvalue weighted by Crippen LogP contribution is -2.42. The Balaban J connectivity index is 1.68. The van der Waals surface area contributed by atoms with Gasteiger partial charge in [0.15, 0.2) is 0 Å². The van der Waals surface area contributed by atoms with E-state index in [9.17, 15) is 4.39 Å². The van der Waals surface area contributed by atoms with E-state index in [2.05, 4.69) is 20.2 Å². The highest BCUT2D eigenvalue weighted by molar-refractivity contribution is 5.48. The van der Waals surface area contributed by atoms with Gasteiger partial charge in [0.1, 0.15) is 11.6 Å². The van der Waals surface area contributed by atoms with E-state index in [1.807, 2.05) is 13.0 Å². The van der Waals surface area contributed by atoms with Crippen LogP contribution in [0.5, 0.6) is 0 Å². The Morgan fingerprint density at radius 1 is 1.33 bits per heavy atom. The second-order valence-corrected chi connectivity index (χ2v) is 5.46. The molecule has 1 aliphatic heterocycles. The molecular formula is C16H19FN4. The molecule has 0 saturated carbocycles. The number of aryl methyl sites for hydroxylation is 1. The van der Waals surface area contributed by atoms with Gasteiger partial charge < -0.3 is 10.2 Å². The first-order valence-electron chi connectivity index (χ1n) is 7.26. The average molecular weight is 286 g/mol. The normalized spacial score (nSPS) is 18.6. The molecule has 21 heavy (non-hydrogen) atoms. The molecule has 1 N–H and O–H groups in total. The van der Waals surface area contributed by atoms with E-state index >= 15 is 0 Å². The van der Waals surface area contributed by atoms with E-state index < -0.39 is 0 Å². The van der Waals surface area contributed by atoms with Gasteiger partial charge in [-0.15, -0.1) is 0 Å². The van der Waals surface area contributed by atoms with Gasteiger partial charge in [-0.3, -0.25) is 4.98 Å². The van der Waals surface area contributed by atoms with Crippen molar-refractivity contribution in [3.05, 3.63) is 48.2 Å². The summed E-state index contributed by atoms with van der Waals surface area (Å²) < 4.78 is 13.4. The molecule has 4 nitrogen and oxygen atoms in total. The summed E-state index contributed by atoms with van der Waals surface area (Å²) >= 11 is 0. The van der Waals surface area contributed by atoms with Crippen molar-refractivity contribution in [3.8, 4) is 0 Å². The highest BCUT2D eigenvalue weighted by Gasteiger charge is 2.20. The maximum absolute atomic E-state index is 13.4. The van der Waals surface area contributed by atoms with Crippen LogP contribution < -0.4 is 10.2 Å². The molecule has 110 valence electrons. The molecule has 0 amide bonds. The first-order valence-corrected chi connectivity index (χ1v) is 7.26. The Morgan fingerprint density at radius 2 is 2.24 bits per heavy atom. The SMILES string of the molecule is Cc1cncc(NC2CCCN(c3cccc(F)c3)C2)n1. The molecule has 0 spiro atoms. The Morgan fingerprint density at radius 3 is 3.05 bits per heavy atom. The predicted octanol–water partition coefficient (Wildman–Crippen LogP) is 3.01. The fraction of sp³-hybridized carbons (Fsp3) is 0.375. The zero-order valence-electron chi connectivity index (χ0n) is 12.1. The van der Waals surface area contributed by atoms with Crippen LogP contribution in [-0.4, -0.2) is 29.1 Å². The van der Waals surface area contributed by atoms with E-state index in [0.717, 1.165) is 43.1 Å². The Bertz CT molecular complexity index is 617. The summed E-state index contributed by atoms with van der Waals surface area (Å²) in [7, 11) is 0. The molecule has 2 aromatic rings. The van der Waals surface area contributed by atoms with Gasteiger partial charge in [-0.2, -0.15) is 0 Å². The van der Waals surface area contributed by atoms with Gasteiger partial charge in [0, 0.05) is 31.0 Å². The molecule has 2 heterocycles. The lowest BCUT2D eigenvalue weighted by Gasteiger charge is -2.35. The summed E-state index contributed by atoms with van der Waals surface area (Å²) in [6.07, 6.45) is 5.65. The topological polar surface area (TPSA) is 41.1 Å². The van der Waals surface area contributed by atoms with Crippen molar-refractivity contribution in [3.63, 3.8) is 0 Å². The first-order chi connectivity index (χ1) is 10.2. The number of nitrogens with one attached hydrogen (secondary N) is 1. The summed E-state index contributed by atoms with van der Waals surface area (Å²) in [6.45, 7) is 3.73. The van der Waals surface area contributed by atoms with E-state index in [4.69, 9.17) is 0 Å². The van der Waals surface area contributed by atoms with Gasteiger partial charge >= 0.3 is 0 Å². The number of hydrogen-bond donors (Lipinski definition) is 1. The van der Waals surface area contributed by atoms with Crippen LogP contribution in [0.4, 0.5) is 15.9 Å². The first kappa shape index (κ1) is 13.8. The predicted molar refractivity (Wildman–Crippen MR) is 82.0 cm³/mol. The summed E-state index contributed by atoms with van der Waals surface area (Å²) in [5, 5.41) is 3.43. The highest BCUT2D eigenvalue weighted by atomic mass is 19.1. The van der Waals surface area contributed by atoms with Gasteiger partial charge in [-0.05, 0) is 38.0 Å². The molecule has 1 unspecified atom stereocenters. The second-order valence-electron chi connectivity index (χ2n) is 5.46. The number of hydrogen-bond acceptors (Lipinski definition) is 4. The summed E-state index contributed by atoms with van der Waals surface area (Å²) in [6, 6.07) is 7.09.